The average Bonchev–Trinajstić information content (AvgIpc) is 2.97. The van der Waals surface area contributed by atoms with Gasteiger partial charge in [-0.15, -0.1) is 10.2 Å². The summed E-state index contributed by atoms with van der Waals surface area (Å²) in [6, 6.07) is 0. The molecular weight excluding hydrogens is 272 g/mol. The molecule has 3 heterocycles. The second-order valence-electron chi connectivity index (χ2n) is 3.66. The molecule has 0 bridgehead atoms. The molecule has 2 N–H and O–H groups in total. The summed E-state index contributed by atoms with van der Waals surface area (Å²) in [7, 11) is 1.61. The van der Waals surface area contributed by atoms with Crippen LogP contribution in [0.2, 0.25) is 0 Å². The van der Waals surface area contributed by atoms with E-state index in [1.165, 1.54) is 22.9 Å². The first-order valence-corrected chi connectivity index (χ1v) is 6.72. The van der Waals surface area contributed by atoms with Crippen molar-refractivity contribution in [2.24, 2.45) is 0 Å². The molecule has 9 heteroatoms. The number of hydrogen-bond donors (Lipinski definition) is 1. The highest BCUT2D eigenvalue weighted by molar-refractivity contribution is 7.20. The Bertz CT molecular complexity index is 680. The van der Waals surface area contributed by atoms with Gasteiger partial charge in [0.1, 0.15) is 11.6 Å². The number of aryl methyl sites for hydroxylation is 1. The Morgan fingerprint density at radius 2 is 2.22 bits per heavy atom. The van der Waals surface area contributed by atoms with Crippen molar-refractivity contribution in [3.63, 3.8) is 0 Å². The van der Waals surface area contributed by atoms with Gasteiger partial charge in [0.05, 0.1) is 11.3 Å². The van der Waals surface area contributed by atoms with Crippen molar-refractivity contribution in [3.05, 3.63) is 11.5 Å². The van der Waals surface area contributed by atoms with E-state index in [0.717, 1.165) is 21.2 Å². The average molecular weight is 282 g/mol. The number of aromatic nitrogens is 5. The molecule has 3 aromatic heterocycles. The molecule has 94 valence electrons. The SMILES string of the molecule is COCc1nnc2sc(-c3c(C)nsc3N)nn12. The molecule has 7 nitrogen and oxygen atoms in total. The van der Waals surface area contributed by atoms with Crippen LogP contribution < -0.4 is 5.73 Å². The van der Waals surface area contributed by atoms with Gasteiger partial charge in [0.15, 0.2) is 10.8 Å². The van der Waals surface area contributed by atoms with Gasteiger partial charge in [0.2, 0.25) is 4.96 Å². The lowest BCUT2D eigenvalue weighted by atomic mass is 10.3. The Morgan fingerprint density at radius 1 is 1.39 bits per heavy atom. The minimum atomic E-state index is 0.376. The summed E-state index contributed by atoms with van der Waals surface area (Å²) in [6.07, 6.45) is 0. The first kappa shape index (κ1) is 11.5. The van der Waals surface area contributed by atoms with Crippen molar-refractivity contribution in [2.45, 2.75) is 13.5 Å². The molecule has 0 radical (unpaired) electrons. The van der Waals surface area contributed by atoms with Gasteiger partial charge in [-0.05, 0) is 18.5 Å². The molecule has 0 aliphatic carbocycles. The van der Waals surface area contributed by atoms with E-state index in [9.17, 15) is 0 Å². The highest BCUT2D eigenvalue weighted by atomic mass is 32.1. The van der Waals surface area contributed by atoms with Crippen LogP contribution in [0.1, 0.15) is 11.5 Å². The Morgan fingerprint density at radius 3 is 2.89 bits per heavy atom. The number of hydrogen-bond acceptors (Lipinski definition) is 8. The van der Waals surface area contributed by atoms with Crippen molar-refractivity contribution in [3.8, 4) is 10.6 Å². The summed E-state index contributed by atoms with van der Waals surface area (Å²) >= 11 is 2.72. The van der Waals surface area contributed by atoms with Gasteiger partial charge in [-0.2, -0.15) is 14.0 Å². The number of nitrogens with two attached hydrogens (primary N) is 1. The smallest absolute Gasteiger partial charge is 0.235 e. The third-order valence-electron chi connectivity index (χ3n) is 2.43. The molecule has 0 saturated heterocycles. The molecule has 0 aliphatic rings. The fraction of sp³-hybridized carbons (Fsp3) is 0.333. The van der Waals surface area contributed by atoms with Crippen LogP contribution in [0.3, 0.4) is 0 Å². The minimum absolute atomic E-state index is 0.376. The van der Waals surface area contributed by atoms with Crippen LogP contribution in [-0.2, 0) is 11.3 Å². The maximum Gasteiger partial charge on any atom is 0.235 e. The fourth-order valence-corrected chi connectivity index (χ4v) is 3.32. The van der Waals surface area contributed by atoms with Crippen molar-refractivity contribution in [1.29, 1.82) is 0 Å². The molecule has 0 atom stereocenters. The van der Waals surface area contributed by atoms with E-state index in [1.807, 2.05) is 6.92 Å². The largest absolute Gasteiger partial charge is 0.389 e. The number of fused-ring (bicyclic) bond motifs is 1. The number of anilines is 1. The fourth-order valence-electron chi connectivity index (χ4n) is 1.62. The standard InChI is InChI=1S/C9H10N6OS2/c1-4-6(7(10)18-14-4)8-13-15-5(3-16-2)11-12-9(15)17-8/h3,10H2,1-2H3. The van der Waals surface area contributed by atoms with Crippen LogP contribution in [0.15, 0.2) is 0 Å². The molecule has 3 aromatic rings. The van der Waals surface area contributed by atoms with Gasteiger partial charge >= 0.3 is 0 Å². The van der Waals surface area contributed by atoms with Crippen LogP contribution in [0.4, 0.5) is 5.00 Å². The van der Waals surface area contributed by atoms with Crippen molar-refractivity contribution >= 4 is 32.8 Å². The third-order valence-corrected chi connectivity index (χ3v) is 4.11. The summed E-state index contributed by atoms with van der Waals surface area (Å²) in [5, 5.41) is 14.0. The number of rotatable bonds is 3. The monoisotopic (exact) mass is 282 g/mol. The van der Waals surface area contributed by atoms with Gasteiger partial charge in [-0.1, -0.05) is 11.3 Å². The van der Waals surface area contributed by atoms with E-state index in [0.29, 0.717) is 17.4 Å². The number of ether oxygens (including phenoxy) is 1. The molecule has 18 heavy (non-hydrogen) atoms. The summed E-state index contributed by atoms with van der Waals surface area (Å²) in [5.74, 6) is 0.675. The van der Waals surface area contributed by atoms with Crippen molar-refractivity contribution in [1.82, 2.24) is 24.2 Å². The summed E-state index contributed by atoms with van der Waals surface area (Å²) in [5.41, 5.74) is 7.69. The zero-order valence-electron chi connectivity index (χ0n) is 9.75. The molecular formula is C9H10N6OS2. The van der Waals surface area contributed by atoms with Crippen LogP contribution in [0.5, 0.6) is 0 Å². The molecule has 0 saturated carbocycles. The van der Waals surface area contributed by atoms with E-state index in [-0.39, 0.29) is 0 Å². The zero-order valence-corrected chi connectivity index (χ0v) is 11.4. The van der Waals surface area contributed by atoms with Crippen LogP contribution >= 0.6 is 22.9 Å². The summed E-state index contributed by atoms with van der Waals surface area (Å²) < 4.78 is 10.9. The predicted octanol–water partition coefficient (Wildman–Crippen LogP) is 1.35. The Kier molecular flexibility index (Phi) is 2.73. The molecule has 0 aliphatic heterocycles. The van der Waals surface area contributed by atoms with Crippen LogP contribution in [0.25, 0.3) is 15.5 Å². The third kappa shape index (κ3) is 1.67. The molecule has 0 amide bonds. The van der Waals surface area contributed by atoms with E-state index in [4.69, 9.17) is 10.5 Å². The first-order valence-electron chi connectivity index (χ1n) is 5.13. The number of nitrogens with zero attached hydrogens (tertiary/aromatic N) is 5. The highest BCUT2D eigenvalue weighted by Crippen LogP contribution is 2.34. The van der Waals surface area contributed by atoms with E-state index < -0.39 is 0 Å². The lowest BCUT2D eigenvalue weighted by molar-refractivity contribution is 0.176. The van der Waals surface area contributed by atoms with Gasteiger partial charge in [0.25, 0.3) is 0 Å². The van der Waals surface area contributed by atoms with Crippen LogP contribution in [0, 0.1) is 6.92 Å². The first-order chi connectivity index (χ1) is 8.70. The van der Waals surface area contributed by atoms with E-state index >= 15 is 0 Å². The Balaban J connectivity index is 2.14. The molecule has 0 fully saturated rings. The van der Waals surface area contributed by atoms with Gasteiger partial charge in [-0.25, -0.2) is 0 Å². The van der Waals surface area contributed by atoms with E-state index in [1.54, 1.807) is 11.6 Å². The maximum atomic E-state index is 5.91. The van der Waals surface area contributed by atoms with Crippen LogP contribution in [-0.4, -0.2) is 31.3 Å². The molecule has 0 spiro atoms. The summed E-state index contributed by atoms with van der Waals surface area (Å²) in [4.78, 5) is 0.724. The minimum Gasteiger partial charge on any atom is -0.389 e. The zero-order chi connectivity index (χ0) is 12.7. The van der Waals surface area contributed by atoms with Crippen molar-refractivity contribution in [2.75, 3.05) is 12.8 Å². The Labute approximate surface area is 110 Å². The second kappa shape index (κ2) is 4.26. The number of methoxy groups -OCH3 is 1. The quantitative estimate of drug-likeness (QED) is 0.779. The lowest BCUT2D eigenvalue weighted by Crippen LogP contribution is -1.97. The second-order valence-corrected chi connectivity index (χ2v) is 5.42. The van der Waals surface area contributed by atoms with Gasteiger partial charge < -0.3 is 10.5 Å². The topological polar surface area (TPSA) is 91.2 Å². The van der Waals surface area contributed by atoms with E-state index in [2.05, 4.69) is 19.7 Å². The molecule has 3 rings (SSSR count). The normalized spacial score (nSPS) is 11.4. The predicted molar refractivity (Wildman–Crippen MR) is 69.6 cm³/mol. The van der Waals surface area contributed by atoms with Crippen molar-refractivity contribution < 1.29 is 4.74 Å². The number of nitrogen functional groups attached to an aromatic ring is 1. The van der Waals surface area contributed by atoms with Gasteiger partial charge in [-0.3, -0.25) is 0 Å². The summed E-state index contributed by atoms with van der Waals surface area (Å²) in [6.45, 7) is 2.29. The highest BCUT2D eigenvalue weighted by Gasteiger charge is 2.18. The van der Waals surface area contributed by atoms with Gasteiger partial charge in [0, 0.05) is 7.11 Å². The Hall–Kier alpha value is -1.58. The lowest BCUT2D eigenvalue weighted by Gasteiger charge is -1.94. The maximum absolute atomic E-state index is 5.91. The molecule has 0 unspecified atom stereocenters. The molecule has 0 aromatic carbocycles.